The van der Waals surface area contributed by atoms with Crippen molar-refractivity contribution in [3.8, 4) is 16.9 Å². The fraction of sp³-hybridized carbons (Fsp3) is 0.0833. The van der Waals surface area contributed by atoms with Crippen LogP contribution in [0, 0.1) is 0 Å². The van der Waals surface area contributed by atoms with Crippen molar-refractivity contribution in [3.63, 3.8) is 0 Å². The molecule has 4 rings (SSSR count). The molecule has 0 aliphatic heterocycles. The molecule has 168 valence electrons. The molecule has 0 aliphatic rings. The SMILES string of the molecule is O=C(O)c1c(-c2ccccc2)c2cc(Br)ccc2c(=O)n1Cc1ccc(OC(F)(F)F)cc1. The number of pyridine rings is 1. The van der Waals surface area contributed by atoms with Crippen LogP contribution in [-0.4, -0.2) is 22.0 Å². The molecule has 0 saturated carbocycles. The smallest absolute Gasteiger partial charge is 0.477 e. The quantitative estimate of drug-likeness (QED) is 0.348. The first kappa shape index (κ1) is 22.6. The van der Waals surface area contributed by atoms with Crippen molar-refractivity contribution in [2.75, 3.05) is 0 Å². The van der Waals surface area contributed by atoms with Crippen LogP contribution in [0.25, 0.3) is 21.9 Å². The molecule has 0 fully saturated rings. The number of nitrogens with zero attached hydrogens (tertiary/aromatic N) is 1. The van der Waals surface area contributed by atoms with Crippen molar-refractivity contribution in [1.29, 1.82) is 0 Å². The Kier molecular flexibility index (Phi) is 5.99. The van der Waals surface area contributed by atoms with Gasteiger partial charge in [-0.15, -0.1) is 13.2 Å². The number of ether oxygens (including phenoxy) is 1. The average Bonchev–Trinajstić information content (AvgIpc) is 2.76. The predicted molar refractivity (Wildman–Crippen MR) is 121 cm³/mol. The number of halogens is 4. The highest BCUT2D eigenvalue weighted by atomic mass is 79.9. The number of alkyl halides is 3. The Hall–Kier alpha value is -3.59. The Balaban J connectivity index is 1.93. The van der Waals surface area contributed by atoms with Crippen molar-refractivity contribution in [2.45, 2.75) is 12.9 Å². The van der Waals surface area contributed by atoms with Crippen molar-refractivity contribution in [1.82, 2.24) is 4.57 Å². The lowest BCUT2D eigenvalue weighted by Gasteiger charge is -2.18. The lowest BCUT2D eigenvalue weighted by atomic mass is 9.96. The van der Waals surface area contributed by atoms with Crippen LogP contribution in [0.4, 0.5) is 13.2 Å². The van der Waals surface area contributed by atoms with Crippen LogP contribution in [0.15, 0.2) is 82.1 Å². The summed E-state index contributed by atoms with van der Waals surface area (Å²) in [6, 6.07) is 18.7. The van der Waals surface area contributed by atoms with Crippen molar-refractivity contribution in [3.05, 3.63) is 98.9 Å². The van der Waals surface area contributed by atoms with Crippen LogP contribution in [0.1, 0.15) is 16.1 Å². The second kappa shape index (κ2) is 8.74. The van der Waals surface area contributed by atoms with E-state index in [2.05, 4.69) is 20.7 Å². The summed E-state index contributed by atoms with van der Waals surface area (Å²) in [4.78, 5) is 25.7. The average molecular weight is 518 g/mol. The third kappa shape index (κ3) is 4.78. The number of aromatic nitrogens is 1. The minimum absolute atomic E-state index is 0.154. The zero-order valence-electron chi connectivity index (χ0n) is 16.8. The third-order valence-electron chi connectivity index (χ3n) is 5.00. The standard InChI is InChI=1S/C24H15BrF3NO4/c25-16-8-11-18-19(12-16)20(15-4-2-1-3-5-15)21(23(31)32)29(22(18)30)13-14-6-9-17(10-7-14)33-24(26,27)28/h1-12H,13H2,(H,31,32). The maximum Gasteiger partial charge on any atom is 0.573 e. The lowest BCUT2D eigenvalue weighted by Crippen LogP contribution is -2.28. The maximum atomic E-state index is 13.3. The summed E-state index contributed by atoms with van der Waals surface area (Å²) >= 11 is 3.38. The Morgan fingerprint density at radius 1 is 0.970 bits per heavy atom. The molecule has 5 nitrogen and oxygen atoms in total. The third-order valence-corrected chi connectivity index (χ3v) is 5.49. The van der Waals surface area contributed by atoms with Gasteiger partial charge in [-0.05, 0) is 46.8 Å². The predicted octanol–water partition coefficient (Wildman–Crippen LogP) is 6.08. The van der Waals surface area contributed by atoms with Gasteiger partial charge < -0.3 is 9.84 Å². The van der Waals surface area contributed by atoms with Gasteiger partial charge in [0.15, 0.2) is 0 Å². The molecule has 0 unspecified atom stereocenters. The first-order valence-electron chi connectivity index (χ1n) is 9.63. The van der Waals surface area contributed by atoms with Crippen LogP contribution in [0.5, 0.6) is 5.75 Å². The zero-order valence-corrected chi connectivity index (χ0v) is 18.4. The van der Waals surface area contributed by atoms with Crippen molar-refractivity contribution >= 4 is 32.7 Å². The molecule has 0 radical (unpaired) electrons. The van der Waals surface area contributed by atoms with Crippen molar-refractivity contribution < 1.29 is 27.8 Å². The van der Waals surface area contributed by atoms with Gasteiger partial charge in [0.05, 0.1) is 6.54 Å². The Labute approximate surface area is 193 Å². The van der Waals surface area contributed by atoms with Gasteiger partial charge in [-0.2, -0.15) is 0 Å². The molecular formula is C24H15BrF3NO4. The molecule has 3 aromatic carbocycles. The fourth-order valence-corrected chi connectivity index (χ4v) is 4.03. The Bertz CT molecular complexity index is 1400. The van der Waals surface area contributed by atoms with Gasteiger partial charge in [0.25, 0.3) is 5.56 Å². The summed E-state index contributed by atoms with van der Waals surface area (Å²) in [5.74, 6) is -1.71. The molecule has 0 spiro atoms. The molecule has 9 heteroatoms. The van der Waals surface area contributed by atoms with E-state index in [4.69, 9.17) is 0 Å². The normalized spacial score (nSPS) is 11.5. The van der Waals surface area contributed by atoms with Gasteiger partial charge >= 0.3 is 12.3 Å². The van der Waals surface area contributed by atoms with Crippen LogP contribution >= 0.6 is 15.9 Å². The van der Waals surface area contributed by atoms with E-state index in [0.717, 1.165) is 16.7 Å². The zero-order chi connectivity index (χ0) is 23.8. The summed E-state index contributed by atoms with van der Waals surface area (Å²) in [7, 11) is 0. The first-order valence-corrected chi connectivity index (χ1v) is 10.4. The highest BCUT2D eigenvalue weighted by molar-refractivity contribution is 9.10. The van der Waals surface area contributed by atoms with Gasteiger partial charge in [-0.1, -0.05) is 58.4 Å². The molecule has 1 N–H and O–H groups in total. The minimum atomic E-state index is -4.83. The summed E-state index contributed by atoms with van der Waals surface area (Å²) in [5.41, 5.74) is 0.680. The van der Waals surface area contributed by atoms with Crippen molar-refractivity contribution in [2.24, 2.45) is 0 Å². The fourth-order valence-electron chi connectivity index (χ4n) is 3.67. The number of fused-ring (bicyclic) bond motifs is 1. The summed E-state index contributed by atoms with van der Waals surface area (Å²) in [6.07, 6.45) is -4.83. The van der Waals surface area contributed by atoms with E-state index in [0.29, 0.717) is 31.9 Å². The summed E-state index contributed by atoms with van der Waals surface area (Å²) < 4.78 is 43.0. The Morgan fingerprint density at radius 3 is 2.24 bits per heavy atom. The van der Waals surface area contributed by atoms with Gasteiger partial charge in [0.1, 0.15) is 11.4 Å². The van der Waals surface area contributed by atoms with Crippen LogP contribution < -0.4 is 10.3 Å². The number of hydrogen-bond acceptors (Lipinski definition) is 3. The molecule has 0 atom stereocenters. The van der Waals surface area contributed by atoms with Crippen LogP contribution in [-0.2, 0) is 6.54 Å². The second-order valence-electron chi connectivity index (χ2n) is 7.17. The second-order valence-corrected chi connectivity index (χ2v) is 8.08. The molecule has 1 aromatic heterocycles. The molecule has 33 heavy (non-hydrogen) atoms. The number of carboxylic acids is 1. The molecule has 4 aromatic rings. The van der Waals surface area contributed by atoms with Gasteiger partial charge in [-0.25, -0.2) is 4.79 Å². The number of rotatable bonds is 5. The Morgan fingerprint density at radius 2 is 1.64 bits per heavy atom. The molecule has 0 amide bonds. The molecule has 1 heterocycles. The van der Waals surface area contributed by atoms with Gasteiger partial charge in [0.2, 0.25) is 0 Å². The molecular weight excluding hydrogens is 503 g/mol. The number of aromatic carboxylic acids is 1. The van der Waals surface area contributed by atoms with E-state index in [-0.39, 0.29) is 12.2 Å². The van der Waals surface area contributed by atoms with Gasteiger partial charge in [-0.3, -0.25) is 9.36 Å². The molecule has 0 aliphatic carbocycles. The van der Waals surface area contributed by atoms with Crippen LogP contribution in [0.2, 0.25) is 0 Å². The monoisotopic (exact) mass is 517 g/mol. The lowest BCUT2D eigenvalue weighted by molar-refractivity contribution is -0.274. The van der Waals surface area contributed by atoms with Gasteiger partial charge in [0, 0.05) is 15.4 Å². The van der Waals surface area contributed by atoms with E-state index >= 15 is 0 Å². The topological polar surface area (TPSA) is 68.5 Å². The van der Waals surface area contributed by atoms with Crippen LogP contribution in [0.3, 0.4) is 0 Å². The van der Waals surface area contributed by atoms with E-state index in [9.17, 15) is 27.9 Å². The number of carboxylic acid groups (broad SMARTS) is 1. The number of benzene rings is 3. The number of hydrogen-bond donors (Lipinski definition) is 1. The van der Waals surface area contributed by atoms with E-state index < -0.39 is 23.6 Å². The summed E-state index contributed by atoms with van der Waals surface area (Å²) in [5, 5.41) is 10.9. The molecule has 0 bridgehead atoms. The summed E-state index contributed by atoms with van der Waals surface area (Å²) in [6.45, 7) is -0.154. The molecule has 0 saturated heterocycles. The van der Waals surface area contributed by atoms with E-state index in [1.54, 1.807) is 48.5 Å². The highest BCUT2D eigenvalue weighted by Crippen LogP contribution is 2.33. The first-order chi connectivity index (χ1) is 15.6. The van der Waals surface area contributed by atoms with E-state index in [1.165, 1.54) is 12.1 Å². The number of carbonyl (C=O) groups is 1. The van der Waals surface area contributed by atoms with E-state index in [1.807, 2.05) is 0 Å². The largest absolute Gasteiger partial charge is 0.573 e. The maximum absolute atomic E-state index is 13.3. The minimum Gasteiger partial charge on any atom is -0.477 e. The highest BCUT2D eigenvalue weighted by Gasteiger charge is 2.31.